The summed E-state index contributed by atoms with van der Waals surface area (Å²) >= 11 is 0. The number of aromatic nitrogens is 1. The van der Waals surface area contributed by atoms with Crippen LogP contribution in [0.15, 0.2) is 18.3 Å². The first kappa shape index (κ1) is 14.2. The van der Waals surface area contributed by atoms with Crippen molar-refractivity contribution >= 4 is 17.4 Å². The van der Waals surface area contributed by atoms with E-state index < -0.39 is 0 Å². The Morgan fingerprint density at radius 1 is 1.39 bits per heavy atom. The monoisotopic (exact) mass is 250 g/mol. The van der Waals surface area contributed by atoms with Gasteiger partial charge in [-0.05, 0) is 25.5 Å². The lowest BCUT2D eigenvalue weighted by Crippen LogP contribution is -2.08. The number of carbonyl (C=O) groups excluding carboxylic acids is 2. The number of pyridine rings is 1. The fourth-order valence-electron chi connectivity index (χ4n) is 1.41. The molecule has 0 spiro atoms. The Hall–Kier alpha value is -1.91. The van der Waals surface area contributed by atoms with E-state index in [0.717, 1.165) is 5.69 Å². The maximum atomic E-state index is 11.1. The quantitative estimate of drug-likeness (QED) is 0.455. The average molecular weight is 250 g/mol. The molecular weight excluding hydrogens is 232 g/mol. The van der Waals surface area contributed by atoms with Crippen LogP contribution in [0.2, 0.25) is 0 Å². The van der Waals surface area contributed by atoms with Crippen LogP contribution in [0, 0.1) is 0 Å². The largest absolute Gasteiger partial charge is 0.466 e. The highest BCUT2D eigenvalue weighted by molar-refractivity contribution is 5.92. The van der Waals surface area contributed by atoms with E-state index in [2.05, 4.69) is 10.3 Å². The van der Waals surface area contributed by atoms with Gasteiger partial charge < -0.3 is 10.1 Å². The Kier molecular flexibility index (Phi) is 5.84. The molecule has 0 unspecified atom stereocenters. The van der Waals surface area contributed by atoms with Crippen LogP contribution in [-0.4, -0.2) is 29.9 Å². The first-order chi connectivity index (χ1) is 8.63. The Morgan fingerprint density at radius 3 is 2.72 bits per heavy atom. The number of hydrogen-bond acceptors (Lipinski definition) is 5. The van der Waals surface area contributed by atoms with Crippen molar-refractivity contribution in [3.63, 3.8) is 0 Å². The van der Waals surface area contributed by atoms with Crippen molar-refractivity contribution < 1.29 is 14.3 Å². The van der Waals surface area contributed by atoms with Crippen molar-refractivity contribution in [3.05, 3.63) is 24.0 Å². The molecule has 0 atom stereocenters. The van der Waals surface area contributed by atoms with E-state index in [1.807, 2.05) is 0 Å². The van der Waals surface area contributed by atoms with Gasteiger partial charge in [-0.15, -0.1) is 0 Å². The minimum absolute atomic E-state index is 0.0520. The summed E-state index contributed by atoms with van der Waals surface area (Å²) in [7, 11) is 0. The van der Waals surface area contributed by atoms with Crippen molar-refractivity contribution in [3.8, 4) is 0 Å². The fraction of sp³-hybridized carbons (Fsp3) is 0.462. The first-order valence-corrected chi connectivity index (χ1v) is 6.00. The molecule has 1 heterocycles. The standard InChI is InChI=1S/C13H18N2O3/c1-3-18-13(17)5-4-8-14-11-6-7-12(10(2)16)15-9-11/h6-7,9,14H,3-5,8H2,1-2H3. The van der Waals surface area contributed by atoms with Crippen molar-refractivity contribution in [1.29, 1.82) is 0 Å². The third-order valence-corrected chi connectivity index (χ3v) is 2.32. The molecular formula is C13H18N2O3. The average Bonchev–Trinajstić information content (AvgIpc) is 2.35. The summed E-state index contributed by atoms with van der Waals surface area (Å²) in [5.74, 6) is -0.229. The summed E-state index contributed by atoms with van der Waals surface area (Å²) in [5, 5.41) is 3.13. The van der Waals surface area contributed by atoms with Crippen molar-refractivity contribution in [2.45, 2.75) is 26.7 Å². The fourth-order valence-corrected chi connectivity index (χ4v) is 1.41. The molecule has 1 aromatic rings. The molecule has 5 nitrogen and oxygen atoms in total. The molecule has 0 aromatic carbocycles. The van der Waals surface area contributed by atoms with Crippen LogP contribution < -0.4 is 5.32 Å². The number of nitrogens with one attached hydrogen (secondary N) is 1. The molecule has 0 saturated heterocycles. The molecule has 0 fully saturated rings. The molecule has 1 rings (SSSR count). The van der Waals surface area contributed by atoms with Gasteiger partial charge >= 0.3 is 5.97 Å². The van der Waals surface area contributed by atoms with Gasteiger partial charge in [-0.25, -0.2) is 0 Å². The van der Waals surface area contributed by atoms with Crippen molar-refractivity contribution in [2.24, 2.45) is 0 Å². The lowest BCUT2D eigenvalue weighted by Gasteiger charge is -2.06. The van der Waals surface area contributed by atoms with E-state index in [4.69, 9.17) is 4.74 Å². The lowest BCUT2D eigenvalue weighted by atomic mass is 10.2. The highest BCUT2D eigenvalue weighted by Gasteiger charge is 2.02. The van der Waals surface area contributed by atoms with Gasteiger partial charge in [0.15, 0.2) is 5.78 Å². The van der Waals surface area contributed by atoms with Gasteiger partial charge in [-0.1, -0.05) is 0 Å². The number of ketones is 1. The number of hydrogen-bond donors (Lipinski definition) is 1. The van der Waals surface area contributed by atoms with Gasteiger partial charge in [0.25, 0.3) is 0 Å². The highest BCUT2D eigenvalue weighted by atomic mass is 16.5. The Balaban J connectivity index is 2.27. The zero-order chi connectivity index (χ0) is 13.4. The molecule has 98 valence electrons. The summed E-state index contributed by atoms with van der Waals surface area (Å²) in [5.41, 5.74) is 1.29. The van der Waals surface area contributed by atoms with Gasteiger partial charge in [-0.2, -0.15) is 0 Å². The Bertz CT molecular complexity index is 401. The van der Waals surface area contributed by atoms with Gasteiger partial charge in [0.05, 0.1) is 18.5 Å². The molecule has 0 aliphatic heterocycles. The maximum Gasteiger partial charge on any atom is 0.305 e. The SMILES string of the molecule is CCOC(=O)CCCNc1ccc(C(C)=O)nc1. The molecule has 0 amide bonds. The second kappa shape index (κ2) is 7.42. The molecule has 0 aliphatic carbocycles. The summed E-state index contributed by atoms with van der Waals surface area (Å²) < 4.78 is 4.82. The van der Waals surface area contributed by atoms with E-state index in [1.165, 1.54) is 6.92 Å². The van der Waals surface area contributed by atoms with E-state index in [0.29, 0.717) is 31.7 Å². The number of carbonyl (C=O) groups is 2. The molecule has 18 heavy (non-hydrogen) atoms. The number of nitrogens with zero attached hydrogens (tertiary/aromatic N) is 1. The van der Waals surface area contributed by atoms with Gasteiger partial charge in [0.1, 0.15) is 5.69 Å². The summed E-state index contributed by atoms with van der Waals surface area (Å²) in [4.78, 5) is 26.1. The first-order valence-electron chi connectivity index (χ1n) is 6.00. The minimum Gasteiger partial charge on any atom is -0.466 e. The van der Waals surface area contributed by atoms with Crippen LogP contribution in [0.3, 0.4) is 0 Å². The number of rotatable bonds is 7. The smallest absolute Gasteiger partial charge is 0.305 e. The second-order valence-corrected chi connectivity index (χ2v) is 3.82. The van der Waals surface area contributed by atoms with Crippen molar-refractivity contribution in [2.75, 3.05) is 18.5 Å². The summed E-state index contributed by atoms with van der Waals surface area (Å²) in [6.07, 6.45) is 2.72. The molecule has 0 aliphatic rings. The lowest BCUT2D eigenvalue weighted by molar-refractivity contribution is -0.143. The van der Waals surface area contributed by atoms with Gasteiger partial charge in [0.2, 0.25) is 0 Å². The topological polar surface area (TPSA) is 68.3 Å². The number of anilines is 1. The Labute approximate surface area is 107 Å². The Morgan fingerprint density at radius 2 is 2.17 bits per heavy atom. The van der Waals surface area contributed by atoms with Crippen LogP contribution in [0.1, 0.15) is 37.2 Å². The van der Waals surface area contributed by atoms with Crippen LogP contribution in [0.25, 0.3) is 0 Å². The zero-order valence-corrected chi connectivity index (χ0v) is 10.7. The minimum atomic E-state index is -0.177. The molecule has 0 saturated carbocycles. The normalized spacial score (nSPS) is 9.89. The van der Waals surface area contributed by atoms with Crippen LogP contribution in [0.5, 0.6) is 0 Å². The summed E-state index contributed by atoms with van der Waals surface area (Å²) in [6, 6.07) is 3.48. The van der Waals surface area contributed by atoms with Gasteiger partial charge in [0, 0.05) is 19.9 Å². The molecule has 0 bridgehead atoms. The van der Waals surface area contributed by atoms with E-state index >= 15 is 0 Å². The maximum absolute atomic E-state index is 11.1. The van der Waals surface area contributed by atoms with Gasteiger partial charge in [-0.3, -0.25) is 14.6 Å². The van der Waals surface area contributed by atoms with E-state index in [9.17, 15) is 9.59 Å². The summed E-state index contributed by atoms with van der Waals surface area (Å²) in [6.45, 7) is 4.36. The predicted octanol–water partition coefficient (Wildman–Crippen LogP) is 2.04. The third kappa shape index (κ3) is 4.95. The molecule has 1 aromatic heterocycles. The zero-order valence-electron chi connectivity index (χ0n) is 10.7. The van der Waals surface area contributed by atoms with Crippen LogP contribution in [-0.2, 0) is 9.53 Å². The van der Waals surface area contributed by atoms with Crippen molar-refractivity contribution in [1.82, 2.24) is 4.98 Å². The number of Topliss-reactive ketones (excluding diaryl/α,β-unsaturated/α-hetero) is 1. The molecule has 1 N–H and O–H groups in total. The number of esters is 1. The number of ether oxygens (including phenoxy) is 1. The molecule has 5 heteroatoms. The predicted molar refractivity (Wildman–Crippen MR) is 68.6 cm³/mol. The highest BCUT2D eigenvalue weighted by Crippen LogP contribution is 2.07. The van der Waals surface area contributed by atoms with Crippen LogP contribution >= 0.6 is 0 Å². The molecule has 0 radical (unpaired) electrons. The second-order valence-electron chi connectivity index (χ2n) is 3.82. The van der Waals surface area contributed by atoms with Crippen LogP contribution in [0.4, 0.5) is 5.69 Å². The van der Waals surface area contributed by atoms with E-state index in [1.54, 1.807) is 25.3 Å². The third-order valence-electron chi connectivity index (χ3n) is 2.32. The van der Waals surface area contributed by atoms with E-state index in [-0.39, 0.29) is 11.8 Å².